The standard InChI is InChI=1S/C28H28FN5O2/c1-2-36-27-12-7-18(15-32-27)26-14-24(23-5-3-4-6-25(23)34-26)28(35)33-21-11-10-20(13-21)31-17-22-9-8-19(29)16-30-22/h3-9,12,14-16,20-21,31H,2,10-11,13,17H2,1H3,(H,33,35)/t20-,21+/m0/s1. The second-order valence-electron chi connectivity index (χ2n) is 8.92. The van der Waals surface area contributed by atoms with E-state index in [0.717, 1.165) is 41.4 Å². The summed E-state index contributed by atoms with van der Waals surface area (Å²) in [6, 6.07) is 16.6. The quantitative estimate of drug-likeness (QED) is 0.377. The number of amides is 1. The molecule has 0 aliphatic heterocycles. The minimum absolute atomic E-state index is 0.0682. The lowest BCUT2D eigenvalue weighted by molar-refractivity contribution is 0.0939. The van der Waals surface area contributed by atoms with Crippen LogP contribution in [0.2, 0.25) is 0 Å². The van der Waals surface area contributed by atoms with E-state index in [-0.39, 0.29) is 23.8 Å². The first kappa shape index (κ1) is 23.8. The number of hydrogen-bond acceptors (Lipinski definition) is 6. The summed E-state index contributed by atoms with van der Waals surface area (Å²) in [5.74, 6) is 0.104. The maximum Gasteiger partial charge on any atom is 0.252 e. The van der Waals surface area contributed by atoms with Crippen molar-refractivity contribution in [3.05, 3.63) is 84.1 Å². The van der Waals surface area contributed by atoms with Crippen molar-refractivity contribution in [2.45, 2.75) is 44.8 Å². The number of ether oxygens (including phenoxy) is 1. The molecule has 8 heteroatoms. The predicted octanol–water partition coefficient (Wildman–Crippen LogP) is 4.67. The Morgan fingerprint density at radius 3 is 2.69 bits per heavy atom. The van der Waals surface area contributed by atoms with Gasteiger partial charge in [0.15, 0.2) is 0 Å². The third-order valence-electron chi connectivity index (χ3n) is 6.41. The number of fused-ring (bicyclic) bond motifs is 1. The molecule has 1 aliphatic carbocycles. The normalized spacial score (nSPS) is 17.3. The second-order valence-corrected chi connectivity index (χ2v) is 8.92. The van der Waals surface area contributed by atoms with Gasteiger partial charge in [-0.1, -0.05) is 18.2 Å². The summed E-state index contributed by atoms with van der Waals surface area (Å²) in [5.41, 5.74) is 3.65. The molecule has 0 bridgehead atoms. The van der Waals surface area contributed by atoms with Gasteiger partial charge in [0.25, 0.3) is 5.91 Å². The molecular formula is C28H28FN5O2. The first-order valence-corrected chi connectivity index (χ1v) is 12.2. The molecule has 0 saturated heterocycles. The Morgan fingerprint density at radius 2 is 1.92 bits per heavy atom. The lowest BCUT2D eigenvalue weighted by atomic mass is 10.0. The van der Waals surface area contributed by atoms with E-state index in [2.05, 4.69) is 20.6 Å². The molecular weight excluding hydrogens is 457 g/mol. The van der Waals surface area contributed by atoms with Crippen LogP contribution >= 0.6 is 0 Å². The molecule has 2 N–H and O–H groups in total. The van der Waals surface area contributed by atoms with Gasteiger partial charge in [0.05, 0.1) is 35.3 Å². The van der Waals surface area contributed by atoms with Crippen LogP contribution in [0.25, 0.3) is 22.2 Å². The Labute approximate surface area is 209 Å². The van der Waals surface area contributed by atoms with Gasteiger partial charge in [0.1, 0.15) is 5.82 Å². The van der Waals surface area contributed by atoms with Gasteiger partial charge in [-0.05, 0) is 56.5 Å². The summed E-state index contributed by atoms with van der Waals surface area (Å²) in [6.45, 7) is 3.03. The maximum atomic E-state index is 13.4. The van der Waals surface area contributed by atoms with Crippen LogP contribution in [0.1, 0.15) is 42.2 Å². The molecule has 1 fully saturated rings. The van der Waals surface area contributed by atoms with Crippen molar-refractivity contribution < 1.29 is 13.9 Å². The smallest absolute Gasteiger partial charge is 0.252 e. The highest BCUT2D eigenvalue weighted by Crippen LogP contribution is 2.26. The summed E-state index contributed by atoms with van der Waals surface area (Å²) in [5, 5.41) is 7.50. The fraction of sp³-hybridized carbons (Fsp3) is 0.286. The average Bonchev–Trinajstić information content (AvgIpc) is 3.35. The number of para-hydroxylation sites is 1. The van der Waals surface area contributed by atoms with Gasteiger partial charge < -0.3 is 15.4 Å². The SMILES string of the molecule is CCOc1ccc(-c2cc(C(=O)N[C@@H]3CC[C@H](NCc4ccc(F)cn4)C3)c3ccccc3n2)cn1. The van der Waals surface area contributed by atoms with E-state index in [0.29, 0.717) is 30.3 Å². The Kier molecular flexibility index (Phi) is 7.13. The number of aromatic nitrogens is 3. The third kappa shape index (κ3) is 5.49. The molecule has 0 radical (unpaired) electrons. The number of carbonyl (C=O) groups excluding carboxylic acids is 1. The molecule has 36 heavy (non-hydrogen) atoms. The monoisotopic (exact) mass is 485 g/mol. The lowest BCUT2D eigenvalue weighted by Gasteiger charge is -2.16. The van der Waals surface area contributed by atoms with Crippen molar-refractivity contribution in [3.8, 4) is 17.1 Å². The molecule has 1 aromatic carbocycles. The van der Waals surface area contributed by atoms with Crippen LogP contribution in [0.4, 0.5) is 4.39 Å². The topological polar surface area (TPSA) is 89.0 Å². The maximum absolute atomic E-state index is 13.4. The molecule has 0 spiro atoms. The largest absolute Gasteiger partial charge is 0.478 e. The Balaban J connectivity index is 1.29. The van der Waals surface area contributed by atoms with Crippen molar-refractivity contribution in [3.63, 3.8) is 0 Å². The Morgan fingerprint density at radius 1 is 1.06 bits per heavy atom. The van der Waals surface area contributed by atoms with E-state index in [1.54, 1.807) is 12.3 Å². The van der Waals surface area contributed by atoms with E-state index < -0.39 is 0 Å². The molecule has 1 saturated carbocycles. The van der Waals surface area contributed by atoms with Gasteiger partial charge in [-0.25, -0.2) is 14.4 Å². The fourth-order valence-corrected chi connectivity index (χ4v) is 4.60. The number of nitrogens with one attached hydrogen (secondary N) is 2. The molecule has 4 aromatic rings. The summed E-state index contributed by atoms with van der Waals surface area (Å²) >= 11 is 0. The van der Waals surface area contributed by atoms with Gasteiger partial charge in [-0.2, -0.15) is 0 Å². The summed E-state index contributed by atoms with van der Waals surface area (Å²) < 4.78 is 18.5. The zero-order valence-electron chi connectivity index (χ0n) is 20.1. The fourth-order valence-electron chi connectivity index (χ4n) is 4.60. The molecule has 3 heterocycles. The van der Waals surface area contributed by atoms with Crippen LogP contribution in [-0.4, -0.2) is 39.5 Å². The van der Waals surface area contributed by atoms with Crippen LogP contribution in [-0.2, 0) is 6.54 Å². The molecule has 0 unspecified atom stereocenters. The first-order valence-electron chi connectivity index (χ1n) is 12.2. The van der Waals surface area contributed by atoms with Gasteiger partial charge in [0, 0.05) is 41.8 Å². The zero-order chi connectivity index (χ0) is 24.9. The third-order valence-corrected chi connectivity index (χ3v) is 6.41. The highest BCUT2D eigenvalue weighted by molar-refractivity contribution is 6.07. The predicted molar refractivity (Wildman–Crippen MR) is 136 cm³/mol. The average molecular weight is 486 g/mol. The molecule has 184 valence electrons. The number of halogens is 1. The number of hydrogen-bond donors (Lipinski definition) is 2. The van der Waals surface area contributed by atoms with Crippen LogP contribution < -0.4 is 15.4 Å². The highest BCUT2D eigenvalue weighted by Gasteiger charge is 2.26. The summed E-state index contributed by atoms with van der Waals surface area (Å²) in [6.07, 6.45) is 5.61. The van der Waals surface area contributed by atoms with E-state index >= 15 is 0 Å². The number of benzene rings is 1. The zero-order valence-corrected chi connectivity index (χ0v) is 20.1. The van der Waals surface area contributed by atoms with Crippen molar-refractivity contribution >= 4 is 16.8 Å². The van der Waals surface area contributed by atoms with Gasteiger partial charge >= 0.3 is 0 Å². The lowest BCUT2D eigenvalue weighted by Crippen LogP contribution is -2.35. The van der Waals surface area contributed by atoms with Gasteiger partial charge in [0.2, 0.25) is 5.88 Å². The molecule has 5 rings (SSSR count). The van der Waals surface area contributed by atoms with Crippen molar-refractivity contribution in [2.75, 3.05) is 6.61 Å². The molecule has 7 nitrogen and oxygen atoms in total. The molecule has 1 amide bonds. The highest BCUT2D eigenvalue weighted by atomic mass is 19.1. The Bertz CT molecular complexity index is 1340. The second kappa shape index (κ2) is 10.8. The number of nitrogens with zero attached hydrogens (tertiary/aromatic N) is 3. The van der Waals surface area contributed by atoms with Crippen molar-refractivity contribution in [2.24, 2.45) is 0 Å². The Hall–Kier alpha value is -3.91. The summed E-state index contributed by atoms with van der Waals surface area (Å²) in [4.78, 5) is 26.6. The van der Waals surface area contributed by atoms with E-state index in [4.69, 9.17) is 9.72 Å². The first-order chi connectivity index (χ1) is 17.6. The number of rotatable bonds is 8. The number of pyridine rings is 3. The number of carbonyl (C=O) groups is 1. The van der Waals surface area contributed by atoms with E-state index in [9.17, 15) is 9.18 Å². The van der Waals surface area contributed by atoms with E-state index in [1.165, 1.54) is 12.3 Å². The minimum Gasteiger partial charge on any atom is -0.478 e. The van der Waals surface area contributed by atoms with Crippen molar-refractivity contribution in [1.29, 1.82) is 0 Å². The van der Waals surface area contributed by atoms with Crippen LogP contribution in [0.3, 0.4) is 0 Å². The van der Waals surface area contributed by atoms with Crippen LogP contribution in [0.5, 0.6) is 5.88 Å². The van der Waals surface area contributed by atoms with Crippen LogP contribution in [0, 0.1) is 5.82 Å². The van der Waals surface area contributed by atoms with Gasteiger partial charge in [-0.15, -0.1) is 0 Å². The molecule has 1 aliphatic rings. The van der Waals surface area contributed by atoms with Gasteiger partial charge in [-0.3, -0.25) is 9.78 Å². The molecule has 2 atom stereocenters. The van der Waals surface area contributed by atoms with Crippen molar-refractivity contribution in [1.82, 2.24) is 25.6 Å². The van der Waals surface area contributed by atoms with E-state index in [1.807, 2.05) is 49.4 Å². The molecule has 3 aromatic heterocycles. The minimum atomic E-state index is -0.340. The van der Waals surface area contributed by atoms with Crippen LogP contribution in [0.15, 0.2) is 67.0 Å². The summed E-state index contributed by atoms with van der Waals surface area (Å²) in [7, 11) is 0.